The number of unbranched alkanes of at least 4 members (excludes halogenated alkanes) is 1. The molecule has 5 nitrogen and oxygen atoms in total. The van der Waals surface area contributed by atoms with E-state index in [-0.39, 0.29) is 10.8 Å². The zero-order valence-electron chi connectivity index (χ0n) is 13.2. The first-order chi connectivity index (χ1) is 10.5. The normalized spacial score (nSPS) is 11.8. The lowest BCUT2D eigenvalue weighted by atomic mass is 10.0. The lowest BCUT2D eigenvalue weighted by Gasteiger charge is -2.15. The van der Waals surface area contributed by atoms with E-state index in [1.807, 2.05) is 13.8 Å². The van der Waals surface area contributed by atoms with E-state index in [9.17, 15) is 8.42 Å². The molecular formula is C16H22N2O3S. The second-order valence-corrected chi connectivity index (χ2v) is 7.24. The molecule has 0 fully saturated rings. The Labute approximate surface area is 132 Å². The highest BCUT2D eigenvalue weighted by Gasteiger charge is 2.20. The van der Waals surface area contributed by atoms with Crippen LogP contribution in [-0.4, -0.2) is 24.2 Å². The van der Waals surface area contributed by atoms with E-state index in [0.717, 1.165) is 28.2 Å². The predicted molar refractivity (Wildman–Crippen MR) is 85.7 cm³/mol. The number of nitrogens with zero attached hydrogens (tertiary/aromatic N) is 2. The van der Waals surface area contributed by atoms with Crippen molar-refractivity contribution >= 4 is 10.0 Å². The summed E-state index contributed by atoms with van der Waals surface area (Å²) in [5, 5.41) is 3.82. The van der Waals surface area contributed by atoms with Gasteiger partial charge in [-0.1, -0.05) is 27.2 Å². The minimum atomic E-state index is -3.64. The summed E-state index contributed by atoms with van der Waals surface area (Å²) in [5.41, 5.74) is 0.893. The van der Waals surface area contributed by atoms with E-state index in [2.05, 4.69) is 12.0 Å². The summed E-state index contributed by atoms with van der Waals surface area (Å²) in [6.45, 7) is 6.78. The Morgan fingerprint density at radius 2 is 2.09 bits per heavy atom. The van der Waals surface area contributed by atoms with Crippen LogP contribution >= 0.6 is 0 Å². The third kappa shape index (κ3) is 3.50. The summed E-state index contributed by atoms with van der Waals surface area (Å²) in [4.78, 5) is 0.225. The Morgan fingerprint density at radius 3 is 2.68 bits per heavy atom. The molecule has 0 atom stereocenters. The average molecular weight is 322 g/mol. The molecule has 1 aromatic heterocycles. The largest absolute Gasteiger partial charge is 0.493 e. The summed E-state index contributed by atoms with van der Waals surface area (Å²) in [6.07, 6.45) is 4.91. The second kappa shape index (κ2) is 6.96. The molecular weight excluding hydrogens is 300 g/mol. The fourth-order valence-corrected chi connectivity index (χ4v) is 3.24. The molecule has 6 heteroatoms. The van der Waals surface area contributed by atoms with Gasteiger partial charge in [-0.15, -0.1) is 0 Å². The van der Waals surface area contributed by atoms with Gasteiger partial charge in [0.15, 0.2) is 0 Å². The molecule has 0 N–H and O–H groups in total. The highest BCUT2D eigenvalue weighted by atomic mass is 32.2. The van der Waals surface area contributed by atoms with Gasteiger partial charge in [-0.3, -0.25) is 0 Å². The van der Waals surface area contributed by atoms with Crippen LogP contribution in [0, 0.1) is 0 Å². The molecule has 0 amide bonds. The van der Waals surface area contributed by atoms with Gasteiger partial charge in [-0.25, -0.2) is 0 Å². The minimum Gasteiger partial charge on any atom is -0.493 e. The first-order valence-electron chi connectivity index (χ1n) is 7.48. The van der Waals surface area contributed by atoms with Gasteiger partial charge in [-0.2, -0.15) is 17.6 Å². The molecule has 0 radical (unpaired) electrons. The van der Waals surface area contributed by atoms with Crippen molar-refractivity contribution in [1.29, 1.82) is 0 Å². The predicted octanol–water partition coefficient (Wildman–Crippen LogP) is 3.42. The van der Waals surface area contributed by atoms with E-state index in [4.69, 9.17) is 4.74 Å². The molecule has 2 aromatic rings. The van der Waals surface area contributed by atoms with Crippen LogP contribution in [0.1, 0.15) is 45.1 Å². The molecule has 1 aromatic carbocycles. The van der Waals surface area contributed by atoms with Gasteiger partial charge >= 0.3 is 0 Å². The minimum absolute atomic E-state index is 0.171. The molecule has 1 heterocycles. The first-order valence-corrected chi connectivity index (χ1v) is 8.92. The number of benzene rings is 1. The zero-order valence-corrected chi connectivity index (χ0v) is 14.0. The van der Waals surface area contributed by atoms with E-state index >= 15 is 0 Å². The van der Waals surface area contributed by atoms with Crippen LogP contribution in [-0.2, 0) is 10.0 Å². The number of aromatic nitrogens is 2. The van der Waals surface area contributed by atoms with Crippen molar-refractivity contribution in [2.24, 2.45) is 0 Å². The van der Waals surface area contributed by atoms with Crippen molar-refractivity contribution in [3.05, 3.63) is 42.2 Å². The molecule has 2 rings (SSSR count). The van der Waals surface area contributed by atoms with Crippen molar-refractivity contribution in [2.45, 2.75) is 44.4 Å². The van der Waals surface area contributed by atoms with Gasteiger partial charge in [0.2, 0.25) is 0 Å². The molecule has 0 aliphatic carbocycles. The van der Waals surface area contributed by atoms with Crippen molar-refractivity contribution in [3.63, 3.8) is 0 Å². The van der Waals surface area contributed by atoms with Crippen molar-refractivity contribution in [2.75, 3.05) is 6.61 Å². The van der Waals surface area contributed by atoms with Crippen LogP contribution < -0.4 is 4.74 Å². The number of rotatable bonds is 7. The lowest BCUT2D eigenvalue weighted by molar-refractivity contribution is 0.305. The van der Waals surface area contributed by atoms with Crippen LogP contribution in [0.15, 0.2) is 41.6 Å². The van der Waals surface area contributed by atoms with Crippen molar-refractivity contribution in [1.82, 2.24) is 9.19 Å². The van der Waals surface area contributed by atoms with E-state index in [0.29, 0.717) is 6.61 Å². The van der Waals surface area contributed by atoms with E-state index in [1.54, 1.807) is 24.3 Å². The SMILES string of the molecule is CCCCOc1ccc(S(=O)(=O)n2cccn2)cc1C(C)C. The average Bonchev–Trinajstić information content (AvgIpc) is 3.02. The molecule has 0 unspecified atom stereocenters. The maximum Gasteiger partial charge on any atom is 0.282 e. The third-order valence-corrected chi connectivity index (χ3v) is 4.94. The van der Waals surface area contributed by atoms with Crippen molar-refractivity contribution in [3.8, 4) is 5.75 Å². The monoisotopic (exact) mass is 322 g/mol. The summed E-state index contributed by atoms with van der Waals surface area (Å²) in [5.74, 6) is 0.923. The molecule has 0 saturated heterocycles. The molecule has 120 valence electrons. The molecule has 22 heavy (non-hydrogen) atoms. The van der Waals surface area contributed by atoms with Gasteiger partial charge in [0.1, 0.15) is 5.75 Å². The maximum atomic E-state index is 12.5. The van der Waals surface area contributed by atoms with Gasteiger partial charge in [0, 0.05) is 6.20 Å². The number of ether oxygens (including phenoxy) is 1. The van der Waals surface area contributed by atoms with Crippen LogP contribution in [0.2, 0.25) is 0 Å². The smallest absolute Gasteiger partial charge is 0.282 e. The zero-order chi connectivity index (χ0) is 16.2. The van der Waals surface area contributed by atoms with Gasteiger partial charge in [0.05, 0.1) is 17.7 Å². The second-order valence-electron chi connectivity index (χ2n) is 5.44. The Hall–Kier alpha value is -1.82. The van der Waals surface area contributed by atoms with Crippen LogP contribution in [0.5, 0.6) is 5.75 Å². The molecule has 0 aliphatic rings. The summed E-state index contributed by atoms with van der Waals surface area (Å²) >= 11 is 0. The first kappa shape index (κ1) is 16.5. The summed E-state index contributed by atoms with van der Waals surface area (Å²) in [6, 6.07) is 6.58. The summed E-state index contributed by atoms with van der Waals surface area (Å²) in [7, 11) is -3.64. The molecule has 0 saturated carbocycles. The molecule has 0 bridgehead atoms. The third-order valence-electron chi connectivity index (χ3n) is 3.38. The Morgan fingerprint density at radius 1 is 1.32 bits per heavy atom. The van der Waals surface area contributed by atoms with E-state index in [1.165, 1.54) is 12.4 Å². The fourth-order valence-electron chi connectivity index (χ4n) is 2.10. The van der Waals surface area contributed by atoms with Crippen LogP contribution in [0.3, 0.4) is 0 Å². The standard InChI is InChI=1S/C16H22N2O3S/c1-4-5-11-21-16-8-7-14(12-15(16)13(2)3)22(19,20)18-10-6-9-17-18/h6-10,12-13H,4-5,11H2,1-3H3. The lowest BCUT2D eigenvalue weighted by Crippen LogP contribution is -2.14. The molecule has 0 aliphatic heterocycles. The number of hydrogen-bond acceptors (Lipinski definition) is 4. The Kier molecular flexibility index (Phi) is 5.24. The van der Waals surface area contributed by atoms with Crippen LogP contribution in [0.4, 0.5) is 0 Å². The highest BCUT2D eigenvalue weighted by molar-refractivity contribution is 7.89. The van der Waals surface area contributed by atoms with Crippen LogP contribution in [0.25, 0.3) is 0 Å². The van der Waals surface area contributed by atoms with Gasteiger partial charge < -0.3 is 4.74 Å². The van der Waals surface area contributed by atoms with Crippen molar-refractivity contribution < 1.29 is 13.2 Å². The van der Waals surface area contributed by atoms with E-state index < -0.39 is 10.0 Å². The molecule has 0 spiro atoms. The Bertz CT molecular complexity index is 707. The fraction of sp³-hybridized carbons (Fsp3) is 0.438. The Balaban J connectivity index is 2.37. The quantitative estimate of drug-likeness (QED) is 0.733. The van der Waals surface area contributed by atoms with Gasteiger partial charge in [0.25, 0.3) is 10.0 Å². The summed E-state index contributed by atoms with van der Waals surface area (Å²) < 4.78 is 31.8. The highest BCUT2D eigenvalue weighted by Crippen LogP contribution is 2.30. The topological polar surface area (TPSA) is 61.2 Å². The maximum absolute atomic E-state index is 12.5. The number of hydrogen-bond donors (Lipinski definition) is 0. The van der Waals surface area contributed by atoms with Gasteiger partial charge in [-0.05, 0) is 42.2 Å².